The predicted octanol–water partition coefficient (Wildman–Crippen LogP) is 3.95. The van der Waals surface area contributed by atoms with E-state index in [2.05, 4.69) is 20.9 Å². The summed E-state index contributed by atoms with van der Waals surface area (Å²) in [4.78, 5) is 16.8. The van der Waals surface area contributed by atoms with Crippen molar-refractivity contribution < 1.29 is 4.79 Å². The van der Waals surface area contributed by atoms with Crippen molar-refractivity contribution in [1.82, 2.24) is 9.38 Å². The van der Waals surface area contributed by atoms with Crippen molar-refractivity contribution >= 4 is 38.5 Å². The molecule has 0 amide bonds. The van der Waals surface area contributed by atoms with Crippen LogP contribution in [0.3, 0.4) is 0 Å². The van der Waals surface area contributed by atoms with Crippen molar-refractivity contribution in [3.63, 3.8) is 0 Å². The predicted molar refractivity (Wildman–Crippen MR) is 76.3 cm³/mol. The second-order valence-electron chi connectivity index (χ2n) is 3.94. The zero-order valence-corrected chi connectivity index (χ0v) is 12.0. The molecule has 3 aromatic rings. The summed E-state index contributed by atoms with van der Waals surface area (Å²) in [5.41, 5.74) is 3.31. The van der Waals surface area contributed by atoms with Crippen molar-refractivity contribution in [1.29, 1.82) is 0 Å². The highest BCUT2D eigenvalue weighted by Gasteiger charge is 2.17. The minimum Gasteiger partial charge on any atom is -0.296 e. The number of benzene rings is 1. The van der Waals surface area contributed by atoms with Gasteiger partial charge in [-0.2, -0.15) is 0 Å². The Bertz CT molecular complexity index is 745. The minimum atomic E-state index is 0.607. The molecule has 0 saturated heterocycles. The van der Waals surface area contributed by atoms with Crippen LogP contribution in [0.1, 0.15) is 16.2 Å². The lowest BCUT2D eigenvalue weighted by Crippen LogP contribution is -1.93. The molecule has 3 rings (SSSR count). The fourth-order valence-electron chi connectivity index (χ4n) is 1.98. The summed E-state index contributed by atoms with van der Waals surface area (Å²) < 4.78 is 2.84. The normalized spacial score (nSPS) is 11.0. The lowest BCUT2D eigenvalue weighted by molar-refractivity contribution is 0.111. The van der Waals surface area contributed by atoms with Gasteiger partial charge in [0.25, 0.3) is 0 Å². The van der Waals surface area contributed by atoms with Crippen molar-refractivity contribution in [2.75, 3.05) is 0 Å². The Hall–Kier alpha value is -1.46. The number of hydrogen-bond acceptors (Lipinski definition) is 3. The fraction of sp³-hybridized carbons (Fsp3) is 0.0769. The molecule has 2 aromatic heterocycles. The third-order valence-electron chi connectivity index (χ3n) is 2.81. The van der Waals surface area contributed by atoms with Crippen LogP contribution in [0.2, 0.25) is 0 Å². The van der Waals surface area contributed by atoms with E-state index in [0.29, 0.717) is 5.69 Å². The van der Waals surface area contributed by atoms with Crippen LogP contribution in [0.4, 0.5) is 0 Å². The Kier molecular flexibility index (Phi) is 2.80. The Morgan fingerprint density at radius 1 is 1.39 bits per heavy atom. The number of rotatable bonds is 2. The number of carbonyl (C=O) groups excluding carboxylic acids is 1. The van der Waals surface area contributed by atoms with Crippen LogP contribution in [0.5, 0.6) is 0 Å². The number of fused-ring (bicyclic) bond motifs is 1. The van der Waals surface area contributed by atoms with Gasteiger partial charge in [0, 0.05) is 21.1 Å². The fourth-order valence-corrected chi connectivity index (χ4v) is 3.33. The summed E-state index contributed by atoms with van der Waals surface area (Å²) in [5.74, 6) is 0. The maximum atomic E-state index is 11.4. The largest absolute Gasteiger partial charge is 0.296 e. The molecule has 0 radical (unpaired) electrons. The number of aromatic nitrogens is 2. The second-order valence-corrected chi connectivity index (χ2v) is 5.63. The first-order chi connectivity index (χ1) is 8.72. The standard InChI is InChI=1S/C13H9BrN2OS/c1-8-7-18-13-15-12(11(6-17)16(8)13)9-4-2-3-5-10(9)14/h2-7H,1H3. The molecule has 1 aromatic carbocycles. The third kappa shape index (κ3) is 1.62. The molecule has 2 heterocycles. The van der Waals surface area contributed by atoms with Gasteiger partial charge in [0.05, 0.1) is 0 Å². The summed E-state index contributed by atoms with van der Waals surface area (Å²) in [5, 5.41) is 2.00. The van der Waals surface area contributed by atoms with Crippen molar-refractivity contribution in [2.45, 2.75) is 6.92 Å². The van der Waals surface area contributed by atoms with E-state index in [-0.39, 0.29) is 0 Å². The number of imidazole rings is 1. The molecule has 3 nitrogen and oxygen atoms in total. The molecule has 0 N–H and O–H groups in total. The molecule has 0 unspecified atom stereocenters. The van der Waals surface area contributed by atoms with E-state index in [1.807, 2.05) is 41.0 Å². The minimum absolute atomic E-state index is 0.607. The van der Waals surface area contributed by atoms with Gasteiger partial charge in [0.1, 0.15) is 11.4 Å². The van der Waals surface area contributed by atoms with Crippen molar-refractivity contribution in [2.24, 2.45) is 0 Å². The Balaban J connectivity index is 2.36. The van der Waals surface area contributed by atoms with Crippen LogP contribution in [0.25, 0.3) is 16.2 Å². The highest BCUT2D eigenvalue weighted by molar-refractivity contribution is 9.10. The molecule has 0 saturated carbocycles. The van der Waals surface area contributed by atoms with Gasteiger partial charge in [0.15, 0.2) is 11.2 Å². The Labute approximate surface area is 116 Å². The zero-order chi connectivity index (χ0) is 12.7. The summed E-state index contributed by atoms with van der Waals surface area (Å²) >= 11 is 5.04. The number of thiazole rings is 1. The Morgan fingerprint density at radius 3 is 2.89 bits per heavy atom. The number of hydrogen-bond donors (Lipinski definition) is 0. The quantitative estimate of drug-likeness (QED) is 0.670. The Morgan fingerprint density at radius 2 is 2.17 bits per heavy atom. The number of halogens is 1. The molecule has 90 valence electrons. The van der Waals surface area contributed by atoms with E-state index >= 15 is 0 Å². The maximum Gasteiger partial charge on any atom is 0.195 e. The van der Waals surface area contributed by atoms with Gasteiger partial charge in [-0.15, -0.1) is 11.3 Å². The van der Waals surface area contributed by atoms with Crippen LogP contribution >= 0.6 is 27.3 Å². The summed E-state index contributed by atoms with van der Waals surface area (Å²) in [7, 11) is 0. The molecule has 18 heavy (non-hydrogen) atoms. The van der Waals surface area contributed by atoms with Crippen molar-refractivity contribution in [3.05, 3.63) is 45.5 Å². The number of aryl methyl sites for hydroxylation is 1. The van der Waals surface area contributed by atoms with E-state index in [4.69, 9.17) is 0 Å². The zero-order valence-electron chi connectivity index (χ0n) is 9.55. The SMILES string of the molecule is Cc1csc2nc(-c3ccccc3Br)c(C=O)n12. The summed E-state index contributed by atoms with van der Waals surface area (Å²) in [6, 6.07) is 7.79. The molecule has 0 aliphatic rings. The first-order valence-electron chi connectivity index (χ1n) is 5.39. The molecule has 0 aliphatic carbocycles. The maximum absolute atomic E-state index is 11.4. The molecular formula is C13H9BrN2OS. The smallest absolute Gasteiger partial charge is 0.195 e. The molecule has 0 aliphatic heterocycles. The molecule has 0 bridgehead atoms. The van der Waals surface area contributed by atoms with E-state index in [0.717, 1.165) is 32.7 Å². The van der Waals surface area contributed by atoms with Gasteiger partial charge >= 0.3 is 0 Å². The van der Waals surface area contributed by atoms with Gasteiger partial charge in [-0.25, -0.2) is 4.98 Å². The van der Waals surface area contributed by atoms with Crippen LogP contribution in [-0.4, -0.2) is 15.7 Å². The van der Waals surface area contributed by atoms with Gasteiger partial charge < -0.3 is 0 Å². The van der Waals surface area contributed by atoms with E-state index in [1.165, 1.54) is 0 Å². The lowest BCUT2D eigenvalue weighted by Gasteiger charge is -2.01. The molecule has 0 spiro atoms. The highest BCUT2D eigenvalue weighted by atomic mass is 79.9. The molecule has 0 fully saturated rings. The van der Waals surface area contributed by atoms with Gasteiger partial charge in [-0.1, -0.05) is 34.1 Å². The van der Waals surface area contributed by atoms with E-state index in [9.17, 15) is 4.79 Å². The topological polar surface area (TPSA) is 34.4 Å². The lowest BCUT2D eigenvalue weighted by atomic mass is 10.1. The van der Waals surface area contributed by atoms with E-state index < -0.39 is 0 Å². The molecule has 5 heteroatoms. The van der Waals surface area contributed by atoms with Gasteiger partial charge in [-0.05, 0) is 13.0 Å². The van der Waals surface area contributed by atoms with Crippen LogP contribution < -0.4 is 0 Å². The van der Waals surface area contributed by atoms with Crippen LogP contribution in [-0.2, 0) is 0 Å². The number of aldehydes is 1. The monoisotopic (exact) mass is 320 g/mol. The third-order valence-corrected chi connectivity index (χ3v) is 4.45. The summed E-state index contributed by atoms with van der Waals surface area (Å²) in [6.45, 7) is 1.97. The molecule has 0 atom stereocenters. The second kappa shape index (κ2) is 4.33. The highest BCUT2D eigenvalue weighted by Crippen LogP contribution is 2.31. The first-order valence-corrected chi connectivity index (χ1v) is 7.06. The van der Waals surface area contributed by atoms with E-state index in [1.54, 1.807) is 11.3 Å². The molecular weight excluding hydrogens is 312 g/mol. The average Bonchev–Trinajstić information content (AvgIpc) is 2.90. The van der Waals surface area contributed by atoms with Crippen LogP contribution in [0, 0.1) is 6.92 Å². The van der Waals surface area contributed by atoms with Crippen LogP contribution in [0.15, 0.2) is 34.1 Å². The average molecular weight is 321 g/mol. The summed E-state index contributed by atoms with van der Waals surface area (Å²) in [6.07, 6.45) is 0.870. The number of carbonyl (C=O) groups is 1. The number of nitrogens with zero attached hydrogens (tertiary/aromatic N) is 2. The first kappa shape index (κ1) is 11.6. The van der Waals surface area contributed by atoms with Gasteiger partial charge in [0.2, 0.25) is 0 Å². The van der Waals surface area contributed by atoms with Gasteiger partial charge in [-0.3, -0.25) is 9.20 Å². The van der Waals surface area contributed by atoms with Crippen molar-refractivity contribution in [3.8, 4) is 11.3 Å².